The lowest BCUT2D eigenvalue weighted by molar-refractivity contribution is 0.374. The van der Waals surface area contributed by atoms with Crippen LogP contribution in [0.25, 0.3) is 0 Å². The van der Waals surface area contributed by atoms with Gasteiger partial charge in [-0.1, -0.05) is 103 Å². The fraction of sp³-hybridized carbons (Fsp3) is 0.765. The maximum Gasteiger partial charge on any atom is 0.0455 e. The molecule has 6 aliphatic carbocycles. The van der Waals surface area contributed by atoms with E-state index in [9.17, 15) is 0 Å². The molecule has 0 spiro atoms. The van der Waals surface area contributed by atoms with Crippen molar-refractivity contribution in [3.8, 4) is 0 Å². The first-order valence-corrected chi connectivity index (χ1v) is 22.6. The van der Waals surface area contributed by atoms with E-state index in [4.69, 9.17) is 0 Å². The van der Waals surface area contributed by atoms with Gasteiger partial charge in [-0.2, -0.15) is 0 Å². The lowest BCUT2D eigenvalue weighted by Gasteiger charge is -2.52. The fourth-order valence-electron chi connectivity index (χ4n) is 11.3. The molecule has 2 fully saturated rings. The van der Waals surface area contributed by atoms with Crippen molar-refractivity contribution in [3.63, 3.8) is 0 Å². The van der Waals surface area contributed by atoms with E-state index in [0.29, 0.717) is 10.8 Å². The number of allylic oxidation sites excluding steroid dienone is 8. The van der Waals surface area contributed by atoms with E-state index >= 15 is 0 Å². The van der Waals surface area contributed by atoms with Crippen molar-refractivity contribution >= 4 is 15.2 Å². The summed E-state index contributed by atoms with van der Waals surface area (Å²) in [7, 11) is -2.96. The first-order valence-electron chi connectivity index (χ1n) is 15.4. The Hall–Kier alpha value is -0.606. The zero-order valence-corrected chi connectivity index (χ0v) is 27.2. The quantitative estimate of drug-likeness (QED) is 0.326. The SMILES string of the molecule is CC1CC2C3=C(C=CC2C1[Si](C)(C)[Si](C)(C)C1C(C)CC2C4=C(C=CC21)CC(C)(C)C4)CC(C)(C)C3. The van der Waals surface area contributed by atoms with Gasteiger partial charge in [0.1, 0.15) is 0 Å². The zero-order chi connectivity index (χ0) is 26.0. The maximum absolute atomic E-state index is 2.88. The van der Waals surface area contributed by atoms with Crippen molar-refractivity contribution in [1.82, 2.24) is 0 Å². The van der Waals surface area contributed by atoms with E-state index in [0.717, 1.165) is 46.6 Å². The summed E-state index contributed by atoms with van der Waals surface area (Å²) in [6, 6.07) is 0. The Morgan fingerprint density at radius 3 is 1.33 bits per heavy atom. The molecule has 0 saturated heterocycles. The van der Waals surface area contributed by atoms with Gasteiger partial charge in [-0.05, 0) is 107 Å². The molecule has 0 aromatic rings. The van der Waals surface area contributed by atoms with Crippen molar-refractivity contribution in [2.24, 2.45) is 46.3 Å². The van der Waals surface area contributed by atoms with E-state index in [2.05, 4.69) is 92.0 Å². The van der Waals surface area contributed by atoms with Crippen LogP contribution in [-0.4, -0.2) is 15.2 Å². The van der Waals surface area contributed by atoms with Crippen LogP contribution in [0.4, 0.5) is 0 Å². The van der Waals surface area contributed by atoms with Crippen molar-refractivity contribution in [1.29, 1.82) is 0 Å². The summed E-state index contributed by atoms with van der Waals surface area (Å²) in [6.07, 6.45) is 19.0. The lowest BCUT2D eigenvalue weighted by atomic mass is 9.81. The first-order chi connectivity index (χ1) is 16.6. The van der Waals surface area contributed by atoms with Gasteiger partial charge in [-0.25, -0.2) is 0 Å². The van der Waals surface area contributed by atoms with Crippen molar-refractivity contribution in [3.05, 3.63) is 46.6 Å². The van der Waals surface area contributed by atoms with Crippen LogP contribution < -0.4 is 0 Å². The molecule has 0 N–H and O–H groups in total. The van der Waals surface area contributed by atoms with E-state index in [1.807, 2.05) is 11.1 Å². The van der Waals surface area contributed by atoms with Gasteiger partial charge in [0.05, 0.1) is 0 Å². The summed E-state index contributed by atoms with van der Waals surface area (Å²) < 4.78 is 0. The second-order valence-corrected chi connectivity index (χ2v) is 33.1. The van der Waals surface area contributed by atoms with Gasteiger partial charge in [0.15, 0.2) is 0 Å². The van der Waals surface area contributed by atoms with E-state index in [1.54, 1.807) is 11.1 Å². The molecule has 36 heavy (non-hydrogen) atoms. The molecule has 2 saturated carbocycles. The number of hydrogen-bond donors (Lipinski definition) is 0. The average molecular weight is 519 g/mol. The van der Waals surface area contributed by atoms with Crippen LogP contribution in [0.5, 0.6) is 0 Å². The predicted molar refractivity (Wildman–Crippen MR) is 162 cm³/mol. The molecule has 6 aliphatic rings. The van der Waals surface area contributed by atoms with Gasteiger partial charge in [-0.15, -0.1) is 0 Å². The molecule has 198 valence electrons. The molecule has 2 heteroatoms. The lowest BCUT2D eigenvalue weighted by Crippen LogP contribution is -2.63. The van der Waals surface area contributed by atoms with E-state index in [-0.39, 0.29) is 0 Å². The minimum atomic E-state index is -1.48. The molecule has 0 aliphatic heterocycles. The van der Waals surface area contributed by atoms with Crippen LogP contribution in [0.1, 0.15) is 80.1 Å². The molecule has 0 aromatic heterocycles. The highest BCUT2D eigenvalue weighted by Gasteiger charge is 2.62. The second-order valence-electron chi connectivity index (χ2n) is 17.1. The summed E-state index contributed by atoms with van der Waals surface area (Å²) in [5, 5.41) is 0. The van der Waals surface area contributed by atoms with Gasteiger partial charge in [0.25, 0.3) is 0 Å². The molecule has 0 amide bonds. The molecule has 0 aromatic carbocycles. The Labute approximate surface area is 225 Å². The molecular weight excluding hydrogens is 465 g/mol. The number of fused-ring (bicyclic) bond motifs is 4. The summed E-state index contributed by atoms with van der Waals surface area (Å²) >= 11 is 0. The van der Waals surface area contributed by atoms with E-state index in [1.165, 1.54) is 38.5 Å². The second kappa shape index (κ2) is 7.96. The van der Waals surface area contributed by atoms with Crippen molar-refractivity contribution in [2.45, 2.75) is 117 Å². The van der Waals surface area contributed by atoms with Gasteiger partial charge < -0.3 is 0 Å². The molecule has 0 nitrogen and oxygen atoms in total. The highest BCUT2D eigenvalue weighted by Crippen LogP contribution is 2.65. The van der Waals surface area contributed by atoms with Crippen LogP contribution in [0.15, 0.2) is 46.6 Å². The van der Waals surface area contributed by atoms with Crippen LogP contribution in [0, 0.1) is 46.3 Å². The van der Waals surface area contributed by atoms with E-state index < -0.39 is 15.2 Å². The standard InChI is InChI=1S/C34H54Si2/c1-21-15-27-25(13-11-23-17-33(3,4)19-29(23)27)31(21)35(7,8)36(9,10)32-22(2)16-28-26(32)14-12-24-18-34(5,6)20-30(24)28/h11-14,21-22,25-28,31-32H,15-20H2,1-10H3. The summed E-state index contributed by atoms with van der Waals surface area (Å²) in [6.45, 7) is 26.9. The maximum atomic E-state index is 2.88. The highest BCUT2D eigenvalue weighted by atomic mass is 29.3. The summed E-state index contributed by atoms with van der Waals surface area (Å²) in [5.41, 5.74) is 10.1. The normalized spacial score (nSPS) is 42.6. The van der Waals surface area contributed by atoms with Crippen LogP contribution >= 0.6 is 0 Å². The molecule has 0 bridgehead atoms. The fourth-order valence-corrected chi connectivity index (χ4v) is 26.8. The van der Waals surface area contributed by atoms with Gasteiger partial charge in [-0.3, -0.25) is 0 Å². The number of rotatable bonds is 3. The highest BCUT2D eigenvalue weighted by molar-refractivity contribution is 7.41. The van der Waals surface area contributed by atoms with Gasteiger partial charge in [0.2, 0.25) is 0 Å². The third-order valence-corrected chi connectivity index (χ3v) is 33.5. The Bertz CT molecular complexity index is 990. The predicted octanol–water partition coefficient (Wildman–Crippen LogP) is 10.1. The Morgan fingerprint density at radius 1 is 0.611 bits per heavy atom. The molecule has 0 radical (unpaired) electrons. The smallest absolute Gasteiger partial charge is 0.0455 e. The topological polar surface area (TPSA) is 0 Å². The van der Waals surface area contributed by atoms with Crippen molar-refractivity contribution in [2.75, 3.05) is 0 Å². The molecule has 8 atom stereocenters. The minimum Gasteiger partial charge on any atom is -0.0806 e. The van der Waals surface area contributed by atoms with Gasteiger partial charge >= 0.3 is 0 Å². The summed E-state index contributed by atoms with van der Waals surface area (Å²) in [4.78, 5) is 0. The van der Waals surface area contributed by atoms with Crippen LogP contribution in [-0.2, 0) is 0 Å². The molecular formula is C34H54Si2. The van der Waals surface area contributed by atoms with Crippen LogP contribution in [0.2, 0.25) is 37.3 Å². The molecule has 8 unspecified atom stereocenters. The van der Waals surface area contributed by atoms with Crippen molar-refractivity contribution < 1.29 is 0 Å². The molecule has 6 rings (SSSR count). The zero-order valence-electron chi connectivity index (χ0n) is 25.2. The Kier molecular flexibility index (Phi) is 5.68. The largest absolute Gasteiger partial charge is 0.0806 e. The third kappa shape index (κ3) is 3.62. The van der Waals surface area contributed by atoms with Gasteiger partial charge in [0, 0.05) is 15.2 Å². The minimum absolute atomic E-state index is 0.482. The Morgan fingerprint density at radius 2 is 0.972 bits per heavy atom. The third-order valence-electron chi connectivity index (χ3n) is 13.0. The summed E-state index contributed by atoms with van der Waals surface area (Å²) in [5.74, 6) is 5.18. The first kappa shape index (κ1) is 25.7. The Balaban J connectivity index is 1.29. The monoisotopic (exact) mass is 518 g/mol. The average Bonchev–Trinajstić information content (AvgIpc) is 3.44. The molecule has 0 heterocycles. The number of hydrogen-bond acceptors (Lipinski definition) is 0. The van der Waals surface area contributed by atoms with Crippen LogP contribution in [0.3, 0.4) is 0 Å².